The van der Waals surface area contributed by atoms with Gasteiger partial charge in [0.2, 0.25) is 35.4 Å². The van der Waals surface area contributed by atoms with Crippen LogP contribution in [-0.2, 0) is 74.3 Å². The molecule has 12 aromatic rings. The summed E-state index contributed by atoms with van der Waals surface area (Å²) < 4.78 is 42.9. The number of aliphatic hydroxyl groups excluding tert-OH is 1. The Bertz CT molecular complexity index is 6820. The fourth-order valence-electron chi connectivity index (χ4n) is 34.9. The van der Waals surface area contributed by atoms with Gasteiger partial charge in [-0.1, -0.05) is 48.5 Å². The van der Waals surface area contributed by atoms with Crippen LogP contribution in [0.2, 0.25) is 0 Å². The molecule has 12 aliphatic heterocycles. The number of aromatic amines is 5. The number of nitrogens with zero attached hydrogens (tertiary/aromatic N) is 7. The molecule has 7 unspecified atom stereocenters. The second kappa shape index (κ2) is 39.2. The van der Waals surface area contributed by atoms with E-state index in [2.05, 4.69) is 148 Å². The Hall–Kier alpha value is -10.9. The summed E-state index contributed by atoms with van der Waals surface area (Å²) in [4.78, 5) is 107. The third kappa shape index (κ3) is 18.5. The van der Waals surface area contributed by atoms with Crippen LogP contribution in [0, 0.1) is 96.4 Å². The molecule has 7 atom stereocenters. The predicted octanol–water partition coefficient (Wildman–Crippen LogP) is 22.5. The van der Waals surface area contributed by atoms with Gasteiger partial charge in [0.05, 0.1) is 17.7 Å². The Morgan fingerprint density at radius 1 is 0.315 bits per heavy atom. The molecule has 24 aliphatic rings. The lowest BCUT2D eigenvalue weighted by molar-refractivity contribution is -0.174. The van der Waals surface area contributed by atoms with Gasteiger partial charge in [0.15, 0.2) is 0 Å². The molecule has 12 saturated heterocycles. The highest BCUT2D eigenvalue weighted by Gasteiger charge is 2.58. The van der Waals surface area contributed by atoms with Crippen LogP contribution in [0.3, 0.4) is 0 Å². The lowest BCUT2D eigenvalue weighted by atomic mass is 9.61. The molecule has 36 rings (SSSR count). The molecule has 24 bridgehead atoms. The molecule has 12 aliphatic carbocycles. The van der Waals surface area contributed by atoms with Gasteiger partial charge in [-0.05, 0) is 415 Å². The zero-order valence-corrected chi connectivity index (χ0v) is 85.4. The van der Waals surface area contributed by atoms with Crippen LogP contribution in [0.4, 0.5) is 13.2 Å². The standard InChI is InChI=1S/C22H28N2O.C21H26N2O.2C20H23FN2O2.C20H23FN2O.C20H24N2O/c1-14-4-3-5-20-22(14)17(13-23(20)2)6-7-21(25)24-18-9-15-8-16(11-18)12-19(24)10-15;1-13-3-2-4-19-21(13)16(12-22-19)5-6-20(24)23-17-8-14-7-15(10-17)11-18(23)9-14;21-14-2-3-16-12(10-22-17(16)9-14)1-4-19(24)23-15-6-11-5-13(8-15)20(25)18(23)7-11;21-16-2-1-3-17-19(16)13(11-22-17)4-5-18(24)23-14-6-12-7-15(23)10-20(25,8-12)9-14;21-15-2-3-18-14(11-22-19(18)10-15)1-4-20(24)23-16-6-12-5-13(8-16)9-17(23)7-12;23-20(6-5-15-12-21-19-4-2-1-3-18(15)19)22-16-8-13-7-14(10-16)11-17(22)9-13/h3-5,13,15-16,18-19H,6-12H2,1-2H3;2-4,12,14-15,17-18,22H,5-11H2,1H3;2-3,9-11,13,15,18,20,22,25H,1,4-8H2;1-3,11-12,14-15,22,25H,4-10H2;2-3,10-13,16-17,22H,1,4-9H2;1-4,12-14,16-17,21H,5-11H2. The SMILES string of the molecule is Cc1cccc2[nH]cc(CCC(=O)N3C4CC5CC(C4)CC3C5)c12.Cc1cccc2c1c(CCC(=O)N1C3CC4CC(C3)CC1C4)cn2C.O=C(CCc1c[nH]c2cc(F)ccc12)N1C2CC3CC(C2)C(O)C1C3.O=C(CCc1c[nH]c2cc(F)ccc12)N1C2CC3CC(C2)CC1C3.O=C(CCc1c[nH]c2cccc(F)c12)N1C2CC3CC1CC(O)(C3)C2.O=C(CCc1c[nH]c2ccccc12)N1C2CC3CC(C2)CC1C3. The molecular weight excluding hydrogens is 1830 g/mol. The van der Waals surface area contributed by atoms with Gasteiger partial charge >= 0.3 is 0 Å². The number of H-pyrrole nitrogens is 5. The van der Waals surface area contributed by atoms with Gasteiger partial charge in [0.1, 0.15) is 17.5 Å². The van der Waals surface area contributed by atoms with Gasteiger partial charge in [-0.3, -0.25) is 28.8 Å². The molecule has 6 aromatic carbocycles. The molecule has 23 heteroatoms. The molecule has 24 fully saturated rings. The first-order valence-corrected chi connectivity index (χ1v) is 56.5. The van der Waals surface area contributed by atoms with Crippen molar-refractivity contribution in [3.63, 3.8) is 0 Å². The van der Waals surface area contributed by atoms with Crippen LogP contribution in [0.25, 0.3) is 65.4 Å². The molecule has 0 spiro atoms. The Morgan fingerprint density at radius 3 is 1.09 bits per heavy atom. The minimum atomic E-state index is -0.534. The Balaban J connectivity index is 0.0000000914. The topological polar surface area (TPSA) is 246 Å². The number of aryl methyl sites for hydroxylation is 9. The number of benzene rings is 6. The maximum Gasteiger partial charge on any atom is 0.223 e. The van der Waals surface area contributed by atoms with E-state index in [0.717, 1.165) is 175 Å². The third-order valence-corrected chi connectivity index (χ3v) is 40.0. The average molecular weight is 1980 g/mol. The van der Waals surface area contributed by atoms with Crippen LogP contribution >= 0.6 is 0 Å². The molecule has 18 heterocycles. The number of hydrogen-bond acceptors (Lipinski definition) is 8. The smallest absolute Gasteiger partial charge is 0.223 e. The fraction of sp³-hybridized carbons (Fsp3) is 0.561. The maximum absolute atomic E-state index is 14.1. The summed E-state index contributed by atoms with van der Waals surface area (Å²) in [6.45, 7) is 4.33. The van der Waals surface area contributed by atoms with Gasteiger partial charge in [-0.15, -0.1) is 0 Å². The first-order valence-electron chi connectivity index (χ1n) is 56.5. The number of para-hydroxylation sites is 1. The number of aliphatic hydroxyl groups is 2. The molecule has 6 amide bonds. The third-order valence-electron chi connectivity index (χ3n) is 40.0. The molecule has 0 radical (unpaired) electrons. The van der Waals surface area contributed by atoms with Crippen molar-refractivity contribution in [3.8, 4) is 0 Å². The number of aromatic nitrogens is 6. The molecule has 7 N–H and O–H groups in total. The van der Waals surface area contributed by atoms with E-state index in [1.165, 1.54) is 219 Å². The summed E-state index contributed by atoms with van der Waals surface area (Å²) in [5.74, 6) is 9.98. The van der Waals surface area contributed by atoms with Gasteiger partial charge < -0.3 is 69.1 Å². The number of carbonyl (C=O) groups is 6. The Labute approximate surface area is 854 Å². The largest absolute Gasteiger partial charge is 0.391 e. The highest BCUT2D eigenvalue weighted by atomic mass is 19.1. The first-order chi connectivity index (χ1) is 70.8. The molecular formula is C123H147F3N12O8. The second-order valence-electron chi connectivity index (χ2n) is 49.3. The number of piperidine rings is 12. The number of nitrogens with one attached hydrogen (secondary N) is 5. The number of carbonyl (C=O) groups excluding carboxylic acids is 6. The quantitative estimate of drug-likeness (QED) is 0.0434. The summed E-state index contributed by atoms with van der Waals surface area (Å²) in [5, 5.41) is 27.7. The van der Waals surface area contributed by atoms with Crippen molar-refractivity contribution in [1.82, 2.24) is 58.9 Å². The van der Waals surface area contributed by atoms with E-state index in [0.29, 0.717) is 153 Å². The number of rotatable bonds is 18. The molecule has 146 heavy (non-hydrogen) atoms. The van der Waals surface area contributed by atoms with E-state index >= 15 is 0 Å². The molecule has 6 aromatic heterocycles. The molecule has 768 valence electrons. The zero-order valence-electron chi connectivity index (χ0n) is 85.4. The maximum atomic E-state index is 14.1. The van der Waals surface area contributed by atoms with E-state index in [4.69, 9.17) is 0 Å². The van der Waals surface area contributed by atoms with Crippen molar-refractivity contribution in [2.45, 2.75) is 361 Å². The van der Waals surface area contributed by atoms with E-state index < -0.39 is 5.60 Å². The lowest BCUT2D eigenvalue weighted by Gasteiger charge is -2.59. The van der Waals surface area contributed by atoms with Crippen molar-refractivity contribution in [2.75, 3.05) is 0 Å². The number of fused-ring (bicyclic) bond motifs is 6. The van der Waals surface area contributed by atoms with E-state index in [-0.39, 0.29) is 53.5 Å². The van der Waals surface area contributed by atoms with Crippen molar-refractivity contribution in [1.29, 1.82) is 0 Å². The van der Waals surface area contributed by atoms with Crippen LogP contribution in [-0.4, -0.2) is 189 Å². The fourth-order valence-corrected chi connectivity index (χ4v) is 34.9. The van der Waals surface area contributed by atoms with Crippen molar-refractivity contribution >= 4 is 101 Å². The lowest BCUT2D eigenvalue weighted by Crippen LogP contribution is -2.66. The predicted molar refractivity (Wildman–Crippen MR) is 563 cm³/mol. The van der Waals surface area contributed by atoms with Gasteiger partial charge in [-0.2, -0.15) is 0 Å². The summed E-state index contributed by atoms with van der Waals surface area (Å²) in [6, 6.07) is 40.8. The molecule has 20 nitrogen and oxygen atoms in total. The Kier molecular flexibility index (Phi) is 25.8. The van der Waals surface area contributed by atoms with Crippen molar-refractivity contribution < 1.29 is 52.2 Å². The number of amides is 6. The highest BCUT2D eigenvalue weighted by molar-refractivity contribution is 5.92. The highest BCUT2D eigenvalue weighted by Crippen LogP contribution is 2.57. The van der Waals surface area contributed by atoms with Crippen LogP contribution < -0.4 is 0 Å². The zero-order chi connectivity index (χ0) is 99.3. The number of hydrogen-bond donors (Lipinski definition) is 7. The van der Waals surface area contributed by atoms with E-state index in [1.54, 1.807) is 12.1 Å². The second-order valence-corrected chi connectivity index (χ2v) is 49.3. The van der Waals surface area contributed by atoms with Gasteiger partial charge in [-0.25, -0.2) is 13.2 Å². The van der Waals surface area contributed by atoms with Crippen LogP contribution in [0.15, 0.2) is 152 Å². The summed E-state index contributed by atoms with van der Waals surface area (Å²) in [6.07, 6.45) is 54.0. The average Bonchev–Trinajstić information content (AvgIpc) is 0.741. The van der Waals surface area contributed by atoms with E-state index in [9.17, 15) is 52.2 Å². The minimum absolute atomic E-state index is 0.0285. The summed E-state index contributed by atoms with van der Waals surface area (Å²) in [7, 11) is 2.11. The van der Waals surface area contributed by atoms with Crippen LogP contribution in [0.5, 0.6) is 0 Å². The van der Waals surface area contributed by atoms with E-state index in [1.807, 2.05) is 41.7 Å². The summed E-state index contributed by atoms with van der Waals surface area (Å²) >= 11 is 0. The Morgan fingerprint density at radius 2 is 0.644 bits per heavy atom. The van der Waals surface area contributed by atoms with Crippen molar-refractivity contribution in [3.05, 3.63) is 214 Å². The van der Waals surface area contributed by atoms with Crippen molar-refractivity contribution in [2.24, 2.45) is 72.1 Å². The normalized spacial score (nSPS) is 31.9. The minimum Gasteiger partial charge on any atom is -0.391 e. The summed E-state index contributed by atoms with van der Waals surface area (Å²) in [5.41, 5.74) is 15.0. The first kappa shape index (κ1) is 96.0. The molecule has 12 saturated carbocycles. The van der Waals surface area contributed by atoms with Gasteiger partial charge in [0.25, 0.3) is 0 Å². The number of halogens is 3. The monoisotopic (exact) mass is 1980 g/mol. The van der Waals surface area contributed by atoms with Crippen LogP contribution in [0.1, 0.15) is 269 Å². The van der Waals surface area contributed by atoms with Gasteiger partial charge in [0, 0.05) is 215 Å².